The van der Waals surface area contributed by atoms with E-state index in [-0.39, 0.29) is 5.56 Å². The van der Waals surface area contributed by atoms with Gasteiger partial charge in [0.1, 0.15) is 11.4 Å². The first-order valence-corrected chi connectivity index (χ1v) is 11.0. The average molecular weight is 447 g/mol. The lowest BCUT2D eigenvalue weighted by Crippen LogP contribution is -2.33. The summed E-state index contributed by atoms with van der Waals surface area (Å²) in [6, 6.07) is 13.3. The van der Waals surface area contributed by atoms with E-state index in [1.54, 1.807) is 10.6 Å². The lowest BCUT2D eigenvalue weighted by molar-refractivity contribution is -0.119. The largest absolute Gasteiger partial charge is 0.369 e. The topological polar surface area (TPSA) is 60.1 Å². The minimum Gasteiger partial charge on any atom is -0.369 e. The Bertz CT molecular complexity index is 1380. The molecule has 1 aliphatic rings. The van der Waals surface area contributed by atoms with Crippen molar-refractivity contribution in [2.24, 2.45) is 7.05 Å². The maximum absolute atomic E-state index is 12.9. The van der Waals surface area contributed by atoms with E-state index >= 15 is 0 Å². The maximum Gasteiger partial charge on any atom is 0.251 e. The van der Waals surface area contributed by atoms with Crippen LogP contribution in [-0.4, -0.2) is 33.0 Å². The standard InChI is InChI=1S/C25H23ClN4O2/c1-28-16-23(22-13-20(14-27-25(22)28)29-9-6-21(31)7-10-29)18-5-8-30(24(32)12-18)15-17-3-2-4-19(26)11-17/h2-5,8,11-14,16H,6-7,9-10,15H2,1H3. The molecule has 4 aromatic rings. The Labute approximate surface area is 190 Å². The van der Waals surface area contributed by atoms with Crippen LogP contribution in [0.25, 0.3) is 22.2 Å². The van der Waals surface area contributed by atoms with Crippen LogP contribution in [0, 0.1) is 0 Å². The number of nitrogens with zero attached hydrogens (tertiary/aromatic N) is 4. The highest BCUT2D eigenvalue weighted by Crippen LogP contribution is 2.31. The molecule has 1 fully saturated rings. The number of halogens is 1. The molecule has 1 aliphatic heterocycles. The van der Waals surface area contributed by atoms with Gasteiger partial charge < -0.3 is 14.0 Å². The number of Topliss-reactive ketones (excluding diaryl/α,β-unsaturated/α-hetero) is 1. The predicted molar refractivity (Wildman–Crippen MR) is 127 cm³/mol. The summed E-state index contributed by atoms with van der Waals surface area (Å²) in [5.41, 5.74) is 4.60. The minimum absolute atomic E-state index is 0.0712. The van der Waals surface area contributed by atoms with Crippen molar-refractivity contribution < 1.29 is 4.79 Å². The Kier molecular flexibility index (Phi) is 5.31. The normalized spacial score (nSPS) is 14.3. The Morgan fingerprint density at radius 1 is 1.06 bits per heavy atom. The van der Waals surface area contributed by atoms with E-state index in [0.717, 1.165) is 33.4 Å². The molecule has 0 unspecified atom stereocenters. The zero-order valence-electron chi connectivity index (χ0n) is 17.8. The molecule has 0 radical (unpaired) electrons. The van der Waals surface area contributed by atoms with Gasteiger partial charge in [0.2, 0.25) is 0 Å². The monoisotopic (exact) mass is 446 g/mol. The Balaban J connectivity index is 1.49. The summed E-state index contributed by atoms with van der Waals surface area (Å²) in [5, 5.41) is 1.65. The van der Waals surface area contributed by atoms with E-state index in [1.807, 2.05) is 60.5 Å². The van der Waals surface area contributed by atoms with Gasteiger partial charge in [-0.25, -0.2) is 4.98 Å². The zero-order chi connectivity index (χ0) is 22.2. The van der Waals surface area contributed by atoms with Crippen LogP contribution in [0.2, 0.25) is 5.02 Å². The first-order valence-electron chi connectivity index (χ1n) is 10.6. The Hall–Kier alpha value is -3.38. The van der Waals surface area contributed by atoms with Gasteiger partial charge in [0.05, 0.1) is 18.4 Å². The molecule has 0 atom stereocenters. The number of carbonyl (C=O) groups excluding carboxylic acids is 1. The maximum atomic E-state index is 12.9. The first-order chi connectivity index (χ1) is 15.5. The molecule has 0 spiro atoms. The molecular formula is C25H23ClN4O2. The fourth-order valence-corrected chi connectivity index (χ4v) is 4.52. The molecule has 0 saturated carbocycles. The molecule has 0 aliphatic carbocycles. The number of aryl methyl sites for hydroxylation is 1. The smallest absolute Gasteiger partial charge is 0.251 e. The van der Waals surface area contributed by atoms with Gasteiger partial charge in [0.15, 0.2) is 0 Å². The van der Waals surface area contributed by atoms with E-state index in [1.165, 1.54) is 0 Å². The van der Waals surface area contributed by atoms with Crippen molar-refractivity contribution in [2.75, 3.05) is 18.0 Å². The van der Waals surface area contributed by atoms with E-state index in [0.29, 0.717) is 43.3 Å². The summed E-state index contributed by atoms with van der Waals surface area (Å²) >= 11 is 6.07. The van der Waals surface area contributed by atoms with E-state index in [4.69, 9.17) is 11.6 Å². The third-order valence-corrected chi connectivity index (χ3v) is 6.27. The third kappa shape index (κ3) is 3.94. The molecular weight excluding hydrogens is 424 g/mol. The molecule has 4 heterocycles. The summed E-state index contributed by atoms with van der Waals surface area (Å²) in [4.78, 5) is 31.3. The second-order valence-electron chi connectivity index (χ2n) is 8.26. The molecule has 1 aromatic carbocycles. The molecule has 32 heavy (non-hydrogen) atoms. The van der Waals surface area contributed by atoms with Crippen LogP contribution < -0.4 is 10.5 Å². The summed E-state index contributed by atoms with van der Waals surface area (Å²) < 4.78 is 3.65. The van der Waals surface area contributed by atoms with Gasteiger partial charge in [0.25, 0.3) is 5.56 Å². The number of piperidine rings is 1. The van der Waals surface area contributed by atoms with Crippen molar-refractivity contribution >= 4 is 34.1 Å². The second kappa shape index (κ2) is 8.28. The van der Waals surface area contributed by atoms with Crippen LogP contribution in [0.4, 0.5) is 5.69 Å². The highest BCUT2D eigenvalue weighted by molar-refractivity contribution is 6.30. The SMILES string of the molecule is Cn1cc(-c2ccn(Cc3cccc(Cl)c3)c(=O)c2)c2cc(N3CCC(=O)CC3)cnc21. The lowest BCUT2D eigenvalue weighted by atomic mass is 10.1. The third-order valence-electron chi connectivity index (χ3n) is 6.03. The fraction of sp³-hybridized carbons (Fsp3) is 0.240. The number of fused-ring (bicyclic) bond motifs is 1. The quantitative estimate of drug-likeness (QED) is 0.469. The highest BCUT2D eigenvalue weighted by Gasteiger charge is 2.19. The van der Waals surface area contributed by atoms with Gasteiger partial charge in [-0.2, -0.15) is 0 Å². The van der Waals surface area contributed by atoms with Crippen LogP contribution in [0.15, 0.2) is 65.8 Å². The van der Waals surface area contributed by atoms with Crippen molar-refractivity contribution in [3.63, 3.8) is 0 Å². The molecule has 3 aromatic heterocycles. The van der Waals surface area contributed by atoms with Crippen molar-refractivity contribution in [2.45, 2.75) is 19.4 Å². The van der Waals surface area contributed by atoms with Gasteiger partial charge >= 0.3 is 0 Å². The van der Waals surface area contributed by atoms with Crippen molar-refractivity contribution in [3.8, 4) is 11.1 Å². The number of pyridine rings is 2. The average Bonchev–Trinajstić information content (AvgIpc) is 3.12. The number of ketones is 1. The van der Waals surface area contributed by atoms with Crippen molar-refractivity contribution in [1.82, 2.24) is 14.1 Å². The van der Waals surface area contributed by atoms with Gasteiger partial charge in [-0.3, -0.25) is 9.59 Å². The number of benzene rings is 1. The Morgan fingerprint density at radius 3 is 2.62 bits per heavy atom. The fourth-order valence-electron chi connectivity index (χ4n) is 4.31. The summed E-state index contributed by atoms with van der Waals surface area (Å²) in [5.74, 6) is 0.314. The van der Waals surface area contributed by atoms with E-state index in [9.17, 15) is 9.59 Å². The van der Waals surface area contributed by atoms with E-state index in [2.05, 4.69) is 16.0 Å². The number of rotatable bonds is 4. The molecule has 0 amide bonds. The van der Waals surface area contributed by atoms with Crippen LogP contribution in [-0.2, 0) is 18.4 Å². The molecule has 6 nitrogen and oxygen atoms in total. The molecule has 162 valence electrons. The number of anilines is 1. The molecule has 0 bridgehead atoms. The Morgan fingerprint density at radius 2 is 1.88 bits per heavy atom. The van der Waals surface area contributed by atoms with Gasteiger partial charge in [-0.05, 0) is 35.4 Å². The number of carbonyl (C=O) groups is 1. The van der Waals surface area contributed by atoms with Crippen molar-refractivity contribution in [3.05, 3.63) is 82.0 Å². The van der Waals surface area contributed by atoms with Gasteiger partial charge in [-0.1, -0.05) is 23.7 Å². The molecule has 0 N–H and O–H groups in total. The molecule has 7 heteroatoms. The van der Waals surface area contributed by atoms with Gasteiger partial charge in [0, 0.05) is 67.4 Å². The predicted octanol–water partition coefficient (Wildman–Crippen LogP) is 4.27. The van der Waals surface area contributed by atoms with Crippen LogP contribution >= 0.6 is 11.6 Å². The molecule has 5 rings (SSSR count). The van der Waals surface area contributed by atoms with Crippen LogP contribution in [0.5, 0.6) is 0 Å². The number of aromatic nitrogens is 3. The number of hydrogen-bond acceptors (Lipinski definition) is 4. The minimum atomic E-state index is -0.0712. The number of hydrogen-bond donors (Lipinski definition) is 0. The van der Waals surface area contributed by atoms with Crippen LogP contribution in [0.3, 0.4) is 0 Å². The zero-order valence-corrected chi connectivity index (χ0v) is 18.5. The summed E-state index contributed by atoms with van der Waals surface area (Å²) in [6.07, 6.45) is 6.85. The summed E-state index contributed by atoms with van der Waals surface area (Å²) in [6.45, 7) is 1.90. The van der Waals surface area contributed by atoms with Crippen molar-refractivity contribution in [1.29, 1.82) is 0 Å². The van der Waals surface area contributed by atoms with Gasteiger partial charge in [-0.15, -0.1) is 0 Å². The second-order valence-corrected chi connectivity index (χ2v) is 8.69. The first kappa shape index (κ1) is 20.5. The van der Waals surface area contributed by atoms with E-state index < -0.39 is 0 Å². The lowest BCUT2D eigenvalue weighted by Gasteiger charge is -2.27. The molecule has 1 saturated heterocycles. The summed E-state index contributed by atoms with van der Waals surface area (Å²) in [7, 11) is 1.96. The highest BCUT2D eigenvalue weighted by atomic mass is 35.5. The van der Waals surface area contributed by atoms with Crippen LogP contribution in [0.1, 0.15) is 18.4 Å².